The number of carbonyl (C=O) groups is 2. The summed E-state index contributed by atoms with van der Waals surface area (Å²) >= 11 is 0. The van der Waals surface area contributed by atoms with Crippen LogP contribution in [0.15, 0.2) is 12.2 Å². The highest BCUT2D eigenvalue weighted by molar-refractivity contribution is 5.93. The SMILES string of the molecule is C=C(C)C(=O)OC(=O)OCC(O)CO. The maximum atomic E-state index is 10.7. The molecule has 14 heavy (non-hydrogen) atoms. The van der Waals surface area contributed by atoms with Gasteiger partial charge in [0.05, 0.1) is 6.61 Å². The van der Waals surface area contributed by atoms with E-state index in [9.17, 15) is 9.59 Å². The van der Waals surface area contributed by atoms with Crippen molar-refractivity contribution in [2.45, 2.75) is 13.0 Å². The predicted molar refractivity (Wildman–Crippen MR) is 45.3 cm³/mol. The molecule has 1 atom stereocenters. The third kappa shape index (κ3) is 5.28. The summed E-state index contributed by atoms with van der Waals surface area (Å²) in [6.45, 7) is 3.65. The average molecular weight is 204 g/mol. The van der Waals surface area contributed by atoms with E-state index in [0.717, 1.165) is 0 Å². The zero-order valence-electron chi connectivity index (χ0n) is 7.73. The van der Waals surface area contributed by atoms with E-state index in [0.29, 0.717) is 0 Å². The number of aliphatic hydroxyl groups excluding tert-OH is 2. The van der Waals surface area contributed by atoms with Crippen LogP contribution in [0, 0.1) is 0 Å². The number of rotatable bonds is 4. The highest BCUT2D eigenvalue weighted by Crippen LogP contribution is 1.95. The van der Waals surface area contributed by atoms with Crippen LogP contribution in [0.4, 0.5) is 4.79 Å². The van der Waals surface area contributed by atoms with Crippen molar-refractivity contribution in [3.8, 4) is 0 Å². The van der Waals surface area contributed by atoms with Gasteiger partial charge in [-0.2, -0.15) is 0 Å². The molecule has 6 nitrogen and oxygen atoms in total. The lowest BCUT2D eigenvalue weighted by atomic mass is 10.4. The van der Waals surface area contributed by atoms with Gasteiger partial charge < -0.3 is 19.7 Å². The summed E-state index contributed by atoms with van der Waals surface area (Å²) < 4.78 is 8.40. The zero-order valence-corrected chi connectivity index (χ0v) is 7.73. The van der Waals surface area contributed by atoms with Crippen molar-refractivity contribution in [2.75, 3.05) is 13.2 Å². The lowest BCUT2D eigenvalue weighted by Crippen LogP contribution is -2.23. The molecule has 0 rings (SSSR count). The number of carbonyl (C=O) groups excluding carboxylic acids is 2. The van der Waals surface area contributed by atoms with Crippen molar-refractivity contribution in [2.24, 2.45) is 0 Å². The number of esters is 1. The van der Waals surface area contributed by atoms with Crippen LogP contribution in [-0.4, -0.2) is 41.7 Å². The Bertz CT molecular complexity index is 234. The Morgan fingerprint density at radius 1 is 1.50 bits per heavy atom. The van der Waals surface area contributed by atoms with Crippen LogP contribution in [0.1, 0.15) is 6.92 Å². The molecule has 0 saturated carbocycles. The average Bonchev–Trinajstić information content (AvgIpc) is 2.13. The summed E-state index contributed by atoms with van der Waals surface area (Å²) in [5.41, 5.74) is 0.0599. The van der Waals surface area contributed by atoms with Gasteiger partial charge in [0.25, 0.3) is 0 Å². The molecule has 0 spiro atoms. The van der Waals surface area contributed by atoms with Crippen molar-refractivity contribution in [3.05, 3.63) is 12.2 Å². The fourth-order valence-electron chi connectivity index (χ4n) is 0.409. The first-order valence-corrected chi connectivity index (χ1v) is 3.80. The molecule has 0 bridgehead atoms. The van der Waals surface area contributed by atoms with Crippen LogP contribution in [0.3, 0.4) is 0 Å². The molecule has 0 fully saturated rings. The third-order valence-electron chi connectivity index (χ3n) is 1.13. The molecule has 2 N–H and O–H groups in total. The van der Waals surface area contributed by atoms with Gasteiger partial charge in [0.15, 0.2) is 0 Å². The fourth-order valence-corrected chi connectivity index (χ4v) is 0.409. The Hall–Kier alpha value is -1.40. The largest absolute Gasteiger partial charge is 0.516 e. The molecule has 0 aromatic rings. The molecule has 0 aromatic carbocycles. The van der Waals surface area contributed by atoms with Gasteiger partial charge in [-0.15, -0.1) is 0 Å². The van der Waals surface area contributed by atoms with E-state index in [1.54, 1.807) is 0 Å². The zero-order chi connectivity index (χ0) is 11.1. The quantitative estimate of drug-likeness (QED) is 0.367. The molecule has 0 aromatic heterocycles. The molecule has 0 aliphatic carbocycles. The topological polar surface area (TPSA) is 93.1 Å². The second-order valence-electron chi connectivity index (χ2n) is 2.57. The van der Waals surface area contributed by atoms with Gasteiger partial charge in [0.2, 0.25) is 0 Å². The van der Waals surface area contributed by atoms with E-state index in [2.05, 4.69) is 16.1 Å². The Labute approximate surface area is 80.7 Å². The summed E-state index contributed by atoms with van der Waals surface area (Å²) in [4.78, 5) is 21.4. The summed E-state index contributed by atoms with van der Waals surface area (Å²) in [5.74, 6) is -0.895. The van der Waals surface area contributed by atoms with Crippen LogP contribution in [0.2, 0.25) is 0 Å². The van der Waals surface area contributed by atoms with Gasteiger partial charge >= 0.3 is 12.1 Å². The highest BCUT2D eigenvalue weighted by atomic mass is 16.7. The Morgan fingerprint density at radius 2 is 2.07 bits per heavy atom. The van der Waals surface area contributed by atoms with E-state index in [-0.39, 0.29) is 5.57 Å². The molecule has 0 saturated heterocycles. The summed E-state index contributed by atoms with van der Waals surface area (Å²) in [5, 5.41) is 17.1. The van der Waals surface area contributed by atoms with Crippen LogP contribution in [0.5, 0.6) is 0 Å². The maximum absolute atomic E-state index is 10.7. The van der Waals surface area contributed by atoms with Crippen molar-refractivity contribution in [1.82, 2.24) is 0 Å². The Balaban J connectivity index is 3.77. The molecule has 0 aliphatic heterocycles. The molecule has 0 aliphatic rings. The smallest absolute Gasteiger partial charge is 0.431 e. The number of ether oxygens (including phenoxy) is 2. The van der Waals surface area contributed by atoms with Crippen LogP contribution in [0.25, 0.3) is 0 Å². The molecular formula is C8H12O6. The minimum absolute atomic E-state index is 0.0599. The van der Waals surface area contributed by atoms with Gasteiger partial charge in [-0.1, -0.05) is 6.58 Å². The van der Waals surface area contributed by atoms with Gasteiger partial charge in [-0.25, -0.2) is 9.59 Å². The van der Waals surface area contributed by atoms with Gasteiger partial charge in [0.1, 0.15) is 12.7 Å². The lowest BCUT2D eigenvalue weighted by Gasteiger charge is -2.07. The summed E-state index contributed by atoms with van der Waals surface area (Å²) in [7, 11) is 0. The molecular weight excluding hydrogens is 192 g/mol. The molecule has 0 radical (unpaired) electrons. The van der Waals surface area contributed by atoms with Gasteiger partial charge in [-0.05, 0) is 6.92 Å². The first kappa shape index (κ1) is 12.6. The second-order valence-corrected chi connectivity index (χ2v) is 2.57. The monoisotopic (exact) mass is 204 g/mol. The van der Waals surface area contributed by atoms with Crippen molar-refractivity contribution in [1.29, 1.82) is 0 Å². The normalized spacial score (nSPS) is 11.6. The standard InChI is InChI=1S/C8H12O6/c1-5(2)7(11)14-8(12)13-4-6(10)3-9/h6,9-10H,1,3-4H2,2H3. The Kier molecular flexibility index (Phi) is 5.50. The van der Waals surface area contributed by atoms with E-state index >= 15 is 0 Å². The van der Waals surface area contributed by atoms with Crippen molar-refractivity contribution >= 4 is 12.1 Å². The number of hydrogen-bond acceptors (Lipinski definition) is 6. The molecule has 1 unspecified atom stereocenters. The van der Waals surface area contributed by atoms with Crippen LogP contribution < -0.4 is 0 Å². The van der Waals surface area contributed by atoms with Crippen LogP contribution in [-0.2, 0) is 14.3 Å². The van der Waals surface area contributed by atoms with E-state index in [4.69, 9.17) is 10.2 Å². The molecule has 0 amide bonds. The summed E-state index contributed by atoms with van der Waals surface area (Å²) in [6, 6.07) is 0. The van der Waals surface area contributed by atoms with E-state index in [1.165, 1.54) is 6.92 Å². The van der Waals surface area contributed by atoms with E-state index in [1.807, 2.05) is 0 Å². The minimum atomic E-state index is -1.23. The molecule has 80 valence electrons. The minimum Gasteiger partial charge on any atom is -0.431 e. The van der Waals surface area contributed by atoms with E-state index < -0.39 is 31.4 Å². The van der Waals surface area contributed by atoms with Crippen molar-refractivity contribution in [3.63, 3.8) is 0 Å². The predicted octanol–water partition coefficient (Wildman–Crippen LogP) is -0.404. The third-order valence-corrected chi connectivity index (χ3v) is 1.13. The Morgan fingerprint density at radius 3 is 2.50 bits per heavy atom. The molecule has 6 heteroatoms. The first-order chi connectivity index (χ1) is 6.47. The second kappa shape index (κ2) is 6.11. The number of hydrogen-bond donors (Lipinski definition) is 2. The molecule has 0 heterocycles. The number of aliphatic hydroxyl groups is 2. The first-order valence-electron chi connectivity index (χ1n) is 3.80. The van der Waals surface area contributed by atoms with Crippen LogP contribution >= 0.6 is 0 Å². The summed E-state index contributed by atoms with van der Waals surface area (Å²) in [6.07, 6.45) is -2.41. The fraction of sp³-hybridized carbons (Fsp3) is 0.500. The van der Waals surface area contributed by atoms with Gasteiger partial charge in [-0.3, -0.25) is 0 Å². The van der Waals surface area contributed by atoms with Gasteiger partial charge in [0, 0.05) is 5.57 Å². The van der Waals surface area contributed by atoms with Crippen molar-refractivity contribution < 1.29 is 29.3 Å². The lowest BCUT2D eigenvalue weighted by molar-refractivity contribution is -0.135. The highest BCUT2D eigenvalue weighted by Gasteiger charge is 2.13. The maximum Gasteiger partial charge on any atom is 0.516 e.